The van der Waals surface area contributed by atoms with E-state index in [1.807, 2.05) is 36.0 Å². The number of rotatable bonds is 8. The largest absolute Gasteiger partial charge is 0.381 e. The Labute approximate surface area is 229 Å². The minimum Gasteiger partial charge on any atom is -0.381 e. The summed E-state index contributed by atoms with van der Waals surface area (Å²) in [5, 5.41) is 11.6. The van der Waals surface area contributed by atoms with E-state index in [1.165, 1.54) is 12.8 Å². The van der Waals surface area contributed by atoms with Crippen molar-refractivity contribution in [2.24, 2.45) is 13.0 Å². The summed E-state index contributed by atoms with van der Waals surface area (Å²) in [5.41, 5.74) is 2.40. The fourth-order valence-corrected chi connectivity index (χ4v) is 6.46. The third kappa shape index (κ3) is 5.05. The van der Waals surface area contributed by atoms with Gasteiger partial charge >= 0.3 is 0 Å². The summed E-state index contributed by atoms with van der Waals surface area (Å²) in [6, 6.07) is 9.88. The maximum atomic E-state index is 13.6. The summed E-state index contributed by atoms with van der Waals surface area (Å²) in [6.45, 7) is 5.15. The number of aromatic nitrogens is 4. The molecule has 9 nitrogen and oxygen atoms in total. The van der Waals surface area contributed by atoms with E-state index in [4.69, 9.17) is 4.74 Å². The van der Waals surface area contributed by atoms with Crippen LogP contribution in [0.15, 0.2) is 47.7 Å². The Bertz CT molecular complexity index is 1420. The summed E-state index contributed by atoms with van der Waals surface area (Å²) in [5.74, 6) is 1.19. The van der Waals surface area contributed by atoms with Crippen molar-refractivity contribution in [3.8, 4) is 0 Å². The highest BCUT2D eigenvalue weighted by Crippen LogP contribution is 2.49. The van der Waals surface area contributed by atoms with Gasteiger partial charge in [0.1, 0.15) is 17.7 Å². The van der Waals surface area contributed by atoms with Crippen LogP contribution in [-0.2, 0) is 23.7 Å². The predicted octanol–water partition coefficient (Wildman–Crippen LogP) is 3.89. The molecule has 3 aliphatic rings. The van der Waals surface area contributed by atoms with Gasteiger partial charge in [-0.3, -0.25) is 14.5 Å². The van der Waals surface area contributed by atoms with E-state index in [9.17, 15) is 9.59 Å². The number of carbonyl (C=O) groups is 1. The second-order valence-electron chi connectivity index (χ2n) is 11.8. The van der Waals surface area contributed by atoms with E-state index in [0.29, 0.717) is 11.6 Å². The van der Waals surface area contributed by atoms with Crippen molar-refractivity contribution >= 4 is 11.6 Å². The minimum atomic E-state index is -0.364. The smallest absolute Gasteiger partial charge is 0.263 e. The molecule has 3 fully saturated rings. The van der Waals surface area contributed by atoms with Crippen LogP contribution in [0.3, 0.4) is 0 Å². The Morgan fingerprint density at radius 3 is 2.72 bits per heavy atom. The molecule has 39 heavy (non-hydrogen) atoms. The van der Waals surface area contributed by atoms with Gasteiger partial charge in [0.15, 0.2) is 0 Å². The summed E-state index contributed by atoms with van der Waals surface area (Å²) >= 11 is 0. The number of carbonyl (C=O) groups excluding carboxylic acids is 1. The Hall–Kier alpha value is -3.30. The number of benzene rings is 1. The van der Waals surface area contributed by atoms with Crippen molar-refractivity contribution in [3.05, 3.63) is 75.7 Å². The predicted molar refractivity (Wildman–Crippen MR) is 149 cm³/mol. The molecule has 1 amide bonds. The van der Waals surface area contributed by atoms with Gasteiger partial charge < -0.3 is 19.2 Å². The van der Waals surface area contributed by atoms with Crippen molar-refractivity contribution in [2.75, 3.05) is 25.5 Å². The van der Waals surface area contributed by atoms with Crippen LogP contribution in [0.5, 0.6) is 0 Å². The third-order valence-electron chi connectivity index (χ3n) is 8.73. The molecular formula is C30H38N6O3. The van der Waals surface area contributed by atoms with E-state index in [1.54, 1.807) is 24.1 Å². The number of hydrogen-bond donors (Lipinski definition) is 1. The van der Waals surface area contributed by atoms with Gasteiger partial charge in [-0.05, 0) is 80.3 Å². The van der Waals surface area contributed by atoms with Crippen molar-refractivity contribution in [1.29, 1.82) is 0 Å². The fourth-order valence-electron chi connectivity index (χ4n) is 6.46. The summed E-state index contributed by atoms with van der Waals surface area (Å²) in [4.78, 5) is 29.4. The first-order valence-corrected chi connectivity index (χ1v) is 14.1. The Balaban J connectivity index is 1.27. The van der Waals surface area contributed by atoms with Crippen LogP contribution >= 0.6 is 0 Å². The third-order valence-corrected chi connectivity index (χ3v) is 8.73. The van der Waals surface area contributed by atoms with Gasteiger partial charge in [0, 0.05) is 45.2 Å². The number of aryl methyl sites for hydroxylation is 1. The van der Waals surface area contributed by atoms with Gasteiger partial charge in [-0.1, -0.05) is 19.1 Å². The van der Waals surface area contributed by atoms with Gasteiger partial charge in [-0.25, -0.2) is 0 Å². The van der Waals surface area contributed by atoms with E-state index in [0.717, 1.165) is 62.3 Å². The van der Waals surface area contributed by atoms with Crippen LogP contribution < -0.4 is 10.9 Å². The molecule has 3 heterocycles. The second-order valence-corrected chi connectivity index (χ2v) is 11.8. The number of likely N-dealkylation sites (tertiary alicyclic amines) is 1. The summed E-state index contributed by atoms with van der Waals surface area (Å²) in [7, 11) is 3.68. The number of methoxy groups -OCH3 is 1. The van der Waals surface area contributed by atoms with Crippen molar-refractivity contribution in [3.63, 3.8) is 0 Å². The average Bonchev–Trinajstić information content (AvgIpc) is 3.65. The molecule has 0 unspecified atom stereocenters. The average molecular weight is 531 g/mol. The highest BCUT2D eigenvalue weighted by Gasteiger charge is 2.50. The molecule has 1 atom stereocenters. The minimum absolute atomic E-state index is 0.145. The van der Waals surface area contributed by atoms with Crippen LogP contribution in [0.25, 0.3) is 0 Å². The van der Waals surface area contributed by atoms with Crippen molar-refractivity contribution in [1.82, 2.24) is 24.2 Å². The normalized spacial score (nSPS) is 25.3. The van der Waals surface area contributed by atoms with Gasteiger partial charge in [0.2, 0.25) is 0 Å². The van der Waals surface area contributed by atoms with Crippen LogP contribution in [0.2, 0.25) is 0 Å². The van der Waals surface area contributed by atoms with Crippen molar-refractivity contribution in [2.45, 2.75) is 69.6 Å². The lowest BCUT2D eigenvalue weighted by Gasteiger charge is -2.46. The molecule has 0 bridgehead atoms. The Morgan fingerprint density at radius 2 is 2.03 bits per heavy atom. The molecule has 206 valence electrons. The van der Waals surface area contributed by atoms with E-state index in [-0.39, 0.29) is 34.6 Å². The van der Waals surface area contributed by atoms with Crippen LogP contribution in [0, 0.1) is 5.92 Å². The molecule has 1 saturated heterocycles. The molecule has 3 aromatic rings. The van der Waals surface area contributed by atoms with Crippen LogP contribution in [0.1, 0.15) is 78.8 Å². The molecule has 2 saturated carbocycles. The zero-order chi connectivity index (χ0) is 27.1. The van der Waals surface area contributed by atoms with Gasteiger partial charge in [0.05, 0.1) is 11.5 Å². The quantitative estimate of drug-likeness (QED) is 0.475. The lowest BCUT2D eigenvalue weighted by Crippen LogP contribution is -2.48. The number of pyridine rings is 1. The molecule has 9 heteroatoms. The molecule has 0 radical (unpaired) electrons. The maximum absolute atomic E-state index is 13.6. The topological polar surface area (TPSA) is 94.3 Å². The van der Waals surface area contributed by atoms with E-state index < -0.39 is 0 Å². The van der Waals surface area contributed by atoms with Crippen LogP contribution in [0.4, 0.5) is 5.69 Å². The van der Waals surface area contributed by atoms with E-state index in [2.05, 4.69) is 33.4 Å². The number of amides is 1. The molecule has 0 spiro atoms. The first kappa shape index (κ1) is 26.0. The second kappa shape index (κ2) is 10.4. The lowest BCUT2D eigenvalue weighted by molar-refractivity contribution is -0.00695. The number of ether oxygens (including phenoxy) is 1. The summed E-state index contributed by atoms with van der Waals surface area (Å²) in [6.07, 6.45) is 9.83. The molecule has 1 aromatic carbocycles. The van der Waals surface area contributed by atoms with Gasteiger partial charge in [0.25, 0.3) is 11.5 Å². The molecule has 2 aliphatic carbocycles. The summed E-state index contributed by atoms with van der Waals surface area (Å²) < 4.78 is 9.34. The highest BCUT2D eigenvalue weighted by molar-refractivity contribution is 6.04. The number of piperidine rings is 1. The maximum Gasteiger partial charge on any atom is 0.263 e. The molecule has 6 rings (SSSR count). The van der Waals surface area contributed by atoms with E-state index >= 15 is 0 Å². The molecule has 1 aliphatic heterocycles. The first-order chi connectivity index (χ1) is 18.9. The Kier molecular flexibility index (Phi) is 6.89. The number of nitrogens with zero attached hydrogens (tertiary/aromatic N) is 5. The van der Waals surface area contributed by atoms with Crippen LogP contribution in [-0.4, -0.2) is 56.4 Å². The monoisotopic (exact) mass is 530 g/mol. The standard InChI is InChI=1S/C30H38N6O3/c1-20-6-5-11-35(16-20)17-21-12-26(28(38)36(18-21)24-9-10-24)27(37)32-23-8-4-7-22(13-23)30(14-25(15-30)39-3)29-33-31-19-34(29)2/h4,7-8,12-13,18-20,24-25H,5-6,9-11,14-17H2,1-3H3,(H,32,37)/t20-,25?,30?/m0/s1. The molecule has 1 N–H and O–H groups in total. The molecular weight excluding hydrogens is 492 g/mol. The highest BCUT2D eigenvalue weighted by atomic mass is 16.5. The number of nitrogens with one attached hydrogen (secondary N) is 1. The SMILES string of the molecule is COC1CC(c2cccc(NC(=O)c3cc(CN4CCC[C@H](C)C4)cn(C4CC4)c3=O)c2)(c2nncn2C)C1. The molecule has 2 aromatic heterocycles. The van der Waals surface area contributed by atoms with Gasteiger partial charge in [-0.2, -0.15) is 0 Å². The Morgan fingerprint density at radius 1 is 1.21 bits per heavy atom. The van der Waals surface area contributed by atoms with Crippen molar-refractivity contribution < 1.29 is 9.53 Å². The number of anilines is 1. The number of hydrogen-bond acceptors (Lipinski definition) is 6. The lowest BCUT2D eigenvalue weighted by atomic mass is 9.62. The zero-order valence-corrected chi connectivity index (χ0v) is 23.1. The first-order valence-electron chi connectivity index (χ1n) is 14.1. The van der Waals surface area contributed by atoms with Gasteiger partial charge in [-0.15, -0.1) is 10.2 Å². The zero-order valence-electron chi connectivity index (χ0n) is 23.1. The fraction of sp³-hybridized carbons (Fsp3) is 0.533.